The van der Waals surface area contributed by atoms with E-state index >= 15 is 0 Å². The second kappa shape index (κ2) is 5.66. The molecule has 2 aromatic rings. The normalized spacial score (nSPS) is 10.2. The Kier molecular flexibility index (Phi) is 4.15. The van der Waals surface area contributed by atoms with E-state index in [-0.39, 0.29) is 11.3 Å². The molecule has 0 aliphatic heterocycles. The summed E-state index contributed by atoms with van der Waals surface area (Å²) in [4.78, 5) is 22.6. The van der Waals surface area contributed by atoms with E-state index < -0.39 is 17.7 Å². The number of carboxylic acid groups (broad SMARTS) is 1. The van der Waals surface area contributed by atoms with Crippen molar-refractivity contribution in [3.8, 4) is 0 Å². The van der Waals surface area contributed by atoms with Crippen LogP contribution >= 0.6 is 33.9 Å². The molecule has 19 heavy (non-hydrogen) atoms. The maximum absolute atomic E-state index is 13.5. The quantitative estimate of drug-likeness (QED) is 0.788. The van der Waals surface area contributed by atoms with Crippen LogP contribution in [0.5, 0.6) is 0 Å². The number of halogens is 2. The van der Waals surface area contributed by atoms with Gasteiger partial charge in [0.25, 0.3) is 5.91 Å². The standard InChI is InChI=1S/C12H7FINO3S/c13-8-2-1-6(12(17)18)3-9(8)15-11(16)7-4-10(14)19-5-7/h1-5H,(H,15,16)(H,17,18). The largest absolute Gasteiger partial charge is 0.478 e. The van der Waals surface area contributed by atoms with Crippen molar-refractivity contribution in [1.82, 2.24) is 0 Å². The number of carbonyl (C=O) groups excluding carboxylic acids is 1. The average molecular weight is 391 g/mol. The zero-order valence-electron chi connectivity index (χ0n) is 9.31. The fourth-order valence-corrected chi connectivity index (χ4v) is 2.70. The lowest BCUT2D eigenvalue weighted by Gasteiger charge is -2.06. The van der Waals surface area contributed by atoms with Crippen LogP contribution in [0.3, 0.4) is 0 Å². The first-order valence-corrected chi connectivity index (χ1v) is 7.01. The van der Waals surface area contributed by atoms with E-state index in [1.807, 2.05) is 0 Å². The summed E-state index contributed by atoms with van der Waals surface area (Å²) in [6.45, 7) is 0. The van der Waals surface area contributed by atoms with Gasteiger partial charge in [-0.05, 0) is 46.9 Å². The summed E-state index contributed by atoms with van der Waals surface area (Å²) >= 11 is 3.47. The van der Waals surface area contributed by atoms with E-state index in [9.17, 15) is 14.0 Å². The lowest BCUT2D eigenvalue weighted by Crippen LogP contribution is -2.13. The zero-order valence-corrected chi connectivity index (χ0v) is 12.3. The smallest absolute Gasteiger partial charge is 0.335 e. The van der Waals surface area contributed by atoms with Crippen molar-refractivity contribution in [2.75, 3.05) is 5.32 Å². The second-order valence-corrected chi connectivity index (χ2v) is 6.40. The first-order valence-electron chi connectivity index (χ1n) is 5.05. The van der Waals surface area contributed by atoms with Gasteiger partial charge in [0.1, 0.15) is 5.82 Å². The third-order valence-electron chi connectivity index (χ3n) is 2.29. The maximum Gasteiger partial charge on any atom is 0.335 e. The van der Waals surface area contributed by atoms with Crippen LogP contribution in [0.2, 0.25) is 0 Å². The monoisotopic (exact) mass is 391 g/mol. The van der Waals surface area contributed by atoms with Gasteiger partial charge < -0.3 is 10.4 Å². The molecule has 0 fully saturated rings. The van der Waals surface area contributed by atoms with Gasteiger partial charge in [0.05, 0.1) is 19.7 Å². The highest BCUT2D eigenvalue weighted by molar-refractivity contribution is 14.1. The molecular weight excluding hydrogens is 384 g/mol. The van der Waals surface area contributed by atoms with E-state index in [2.05, 4.69) is 27.9 Å². The molecule has 98 valence electrons. The number of anilines is 1. The van der Waals surface area contributed by atoms with Crippen LogP contribution < -0.4 is 5.32 Å². The molecule has 0 atom stereocenters. The number of carboxylic acids is 1. The fourth-order valence-electron chi connectivity index (χ4n) is 1.38. The number of carbonyl (C=O) groups is 2. The third-order valence-corrected chi connectivity index (χ3v) is 4.08. The number of nitrogens with one attached hydrogen (secondary N) is 1. The van der Waals surface area contributed by atoms with E-state index in [4.69, 9.17) is 5.11 Å². The van der Waals surface area contributed by atoms with Crippen LogP contribution in [0.15, 0.2) is 29.6 Å². The molecule has 2 rings (SSSR count). The highest BCUT2D eigenvalue weighted by atomic mass is 127. The molecule has 1 aromatic heterocycles. The Bertz CT molecular complexity index is 656. The Morgan fingerprint density at radius 2 is 2.00 bits per heavy atom. The molecule has 0 aliphatic carbocycles. The number of hydrogen-bond donors (Lipinski definition) is 2. The minimum absolute atomic E-state index is 0.0865. The topological polar surface area (TPSA) is 66.4 Å². The molecule has 0 radical (unpaired) electrons. The lowest BCUT2D eigenvalue weighted by molar-refractivity contribution is 0.0696. The number of thiophene rings is 1. The lowest BCUT2D eigenvalue weighted by atomic mass is 10.2. The first-order chi connectivity index (χ1) is 8.97. The fraction of sp³-hybridized carbons (Fsp3) is 0. The first kappa shape index (κ1) is 13.9. The molecular formula is C12H7FINO3S. The van der Waals surface area contributed by atoms with Crippen molar-refractivity contribution in [1.29, 1.82) is 0 Å². The SMILES string of the molecule is O=C(O)c1ccc(F)c(NC(=O)c2csc(I)c2)c1. The summed E-state index contributed by atoms with van der Waals surface area (Å²) in [6, 6.07) is 4.91. The molecule has 1 amide bonds. The number of hydrogen-bond acceptors (Lipinski definition) is 3. The second-order valence-electron chi connectivity index (χ2n) is 3.59. The van der Waals surface area contributed by atoms with Crippen LogP contribution in [0.25, 0.3) is 0 Å². The molecule has 0 aliphatic rings. The molecule has 7 heteroatoms. The molecule has 1 heterocycles. The molecule has 0 unspecified atom stereocenters. The highest BCUT2D eigenvalue weighted by Gasteiger charge is 2.13. The van der Waals surface area contributed by atoms with E-state index in [1.54, 1.807) is 11.4 Å². The van der Waals surface area contributed by atoms with Gasteiger partial charge in [-0.3, -0.25) is 4.79 Å². The van der Waals surface area contributed by atoms with Crippen LogP contribution in [-0.2, 0) is 0 Å². The zero-order chi connectivity index (χ0) is 14.0. The summed E-state index contributed by atoms with van der Waals surface area (Å²) < 4.78 is 14.4. The van der Waals surface area contributed by atoms with E-state index in [0.29, 0.717) is 5.56 Å². The van der Waals surface area contributed by atoms with Gasteiger partial charge in [-0.1, -0.05) is 0 Å². The Hall–Kier alpha value is -1.48. The van der Waals surface area contributed by atoms with Gasteiger partial charge in [0.2, 0.25) is 0 Å². The van der Waals surface area contributed by atoms with Gasteiger partial charge in [0, 0.05) is 5.38 Å². The van der Waals surface area contributed by atoms with Gasteiger partial charge in [-0.25, -0.2) is 9.18 Å². The minimum atomic E-state index is -1.18. The molecule has 0 saturated carbocycles. The summed E-state index contributed by atoms with van der Waals surface area (Å²) in [5.74, 6) is -2.33. The van der Waals surface area contributed by atoms with Crippen LogP contribution in [0.1, 0.15) is 20.7 Å². The Morgan fingerprint density at radius 1 is 1.26 bits per heavy atom. The van der Waals surface area contributed by atoms with Crippen molar-refractivity contribution < 1.29 is 19.1 Å². The highest BCUT2D eigenvalue weighted by Crippen LogP contribution is 2.20. The summed E-state index contributed by atoms with van der Waals surface area (Å²) in [5.41, 5.74) is 0.178. The number of amides is 1. The number of benzene rings is 1. The number of rotatable bonds is 3. The molecule has 4 nitrogen and oxygen atoms in total. The molecule has 0 saturated heterocycles. The van der Waals surface area contributed by atoms with Crippen molar-refractivity contribution in [2.24, 2.45) is 0 Å². The van der Waals surface area contributed by atoms with Crippen molar-refractivity contribution in [3.63, 3.8) is 0 Å². The molecule has 2 N–H and O–H groups in total. The predicted molar refractivity (Wildman–Crippen MR) is 78.3 cm³/mol. The van der Waals surface area contributed by atoms with Crippen LogP contribution in [0, 0.1) is 8.70 Å². The summed E-state index contributed by atoms with van der Waals surface area (Å²) in [6.07, 6.45) is 0. The predicted octanol–water partition coefficient (Wildman–Crippen LogP) is 3.44. The Labute approximate surface area is 125 Å². The van der Waals surface area contributed by atoms with Crippen molar-refractivity contribution >= 4 is 51.5 Å². The number of aromatic carboxylic acids is 1. The third kappa shape index (κ3) is 3.29. The van der Waals surface area contributed by atoms with E-state index in [1.165, 1.54) is 11.3 Å². The van der Waals surface area contributed by atoms with Crippen molar-refractivity contribution in [2.45, 2.75) is 0 Å². The van der Waals surface area contributed by atoms with Crippen LogP contribution in [0.4, 0.5) is 10.1 Å². The van der Waals surface area contributed by atoms with Crippen molar-refractivity contribution in [3.05, 3.63) is 49.5 Å². The van der Waals surface area contributed by atoms with Gasteiger partial charge in [0.15, 0.2) is 0 Å². The van der Waals surface area contributed by atoms with E-state index in [0.717, 1.165) is 21.1 Å². The molecule has 0 bridgehead atoms. The van der Waals surface area contributed by atoms with Crippen LogP contribution in [-0.4, -0.2) is 17.0 Å². The summed E-state index contributed by atoms with van der Waals surface area (Å²) in [7, 11) is 0. The average Bonchev–Trinajstić information content (AvgIpc) is 2.78. The van der Waals surface area contributed by atoms with Gasteiger partial charge in [-0.15, -0.1) is 11.3 Å². The minimum Gasteiger partial charge on any atom is -0.478 e. The molecule has 1 aromatic carbocycles. The Morgan fingerprint density at radius 3 is 2.58 bits per heavy atom. The summed E-state index contributed by atoms with van der Waals surface area (Å²) in [5, 5.41) is 12.8. The molecule has 0 spiro atoms. The van der Waals surface area contributed by atoms with Gasteiger partial charge >= 0.3 is 5.97 Å². The Balaban J connectivity index is 2.25. The van der Waals surface area contributed by atoms with Gasteiger partial charge in [-0.2, -0.15) is 0 Å². The maximum atomic E-state index is 13.5.